The highest BCUT2D eigenvalue weighted by Crippen LogP contribution is 2.37. The largest absolute Gasteiger partial charge is 0.390 e. The van der Waals surface area contributed by atoms with Gasteiger partial charge in [-0.05, 0) is 18.1 Å². The number of rotatable bonds is 3. The third-order valence-electron chi connectivity index (χ3n) is 2.38. The summed E-state index contributed by atoms with van der Waals surface area (Å²) in [5.41, 5.74) is 0.275. The summed E-state index contributed by atoms with van der Waals surface area (Å²) in [5.74, 6) is -0.110. The Morgan fingerprint density at radius 3 is 2.00 bits per heavy atom. The molecule has 0 saturated carbocycles. The Labute approximate surface area is 110 Å². The smallest absolute Gasteiger partial charge is 0.108 e. The molecule has 90 valence electrons. The van der Waals surface area contributed by atoms with Crippen LogP contribution in [0.4, 0.5) is 0 Å². The fourth-order valence-electron chi connectivity index (χ4n) is 1.35. The van der Waals surface area contributed by atoms with Crippen LogP contribution in [0.25, 0.3) is 0 Å². The maximum absolute atomic E-state index is 9.97. The molecule has 2 atom stereocenters. The van der Waals surface area contributed by atoms with Gasteiger partial charge in [-0.25, -0.2) is 0 Å². The second-order valence-corrected chi connectivity index (χ2v) is 5.13. The first-order valence-electron chi connectivity index (χ1n) is 4.85. The Morgan fingerprint density at radius 1 is 1.00 bits per heavy atom. The lowest BCUT2D eigenvalue weighted by Crippen LogP contribution is -2.24. The summed E-state index contributed by atoms with van der Waals surface area (Å²) in [6.07, 6.45) is -2.08. The molecule has 0 heterocycles. The van der Waals surface area contributed by atoms with Crippen molar-refractivity contribution in [3.05, 3.63) is 32.8 Å². The van der Waals surface area contributed by atoms with Crippen molar-refractivity contribution in [2.75, 3.05) is 0 Å². The van der Waals surface area contributed by atoms with Crippen molar-refractivity contribution in [3.63, 3.8) is 0 Å². The summed E-state index contributed by atoms with van der Waals surface area (Å²) >= 11 is 17.7. The molecule has 2 unspecified atom stereocenters. The van der Waals surface area contributed by atoms with Crippen LogP contribution in [0.2, 0.25) is 15.1 Å². The van der Waals surface area contributed by atoms with Gasteiger partial charge in [0.05, 0.1) is 16.1 Å². The summed E-state index contributed by atoms with van der Waals surface area (Å²) in [7, 11) is 0. The average Bonchev–Trinajstić information content (AvgIpc) is 2.22. The summed E-state index contributed by atoms with van der Waals surface area (Å²) in [5, 5.41) is 20.5. The van der Waals surface area contributed by atoms with Gasteiger partial charge in [0.25, 0.3) is 0 Å². The minimum absolute atomic E-state index is 0.110. The number of benzene rings is 1. The monoisotopic (exact) mass is 282 g/mol. The van der Waals surface area contributed by atoms with Gasteiger partial charge in [0.2, 0.25) is 0 Å². The standard InChI is InChI=1S/C11H13Cl3O2/c1-5(2)10(15)11(16)8-6(12)3-4-7(13)9(8)14/h3-5,10-11,15-16H,1-2H3. The Balaban J connectivity index is 3.17. The normalized spacial score (nSPS) is 15.2. The highest BCUT2D eigenvalue weighted by molar-refractivity contribution is 6.44. The molecule has 0 saturated heterocycles. The van der Waals surface area contributed by atoms with Crippen molar-refractivity contribution >= 4 is 34.8 Å². The van der Waals surface area contributed by atoms with E-state index in [0.29, 0.717) is 10.0 Å². The minimum atomic E-state index is -1.14. The third kappa shape index (κ3) is 2.82. The number of hydrogen-bond donors (Lipinski definition) is 2. The van der Waals surface area contributed by atoms with Crippen molar-refractivity contribution in [1.29, 1.82) is 0 Å². The second kappa shape index (κ2) is 5.56. The van der Waals surface area contributed by atoms with E-state index < -0.39 is 12.2 Å². The first kappa shape index (κ1) is 14.1. The molecule has 1 rings (SSSR count). The van der Waals surface area contributed by atoms with Gasteiger partial charge in [0, 0.05) is 10.6 Å². The maximum Gasteiger partial charge on any atom is 0.108 e. The zero-order chi connectivity index (χ0) is 12.5. The Kier molecular flexibility index (Phi) is 4.89. The van der Waals surface area contributed by atoms with Gasteiger partial charge in [-0.15, -0.1) is 0 Å². The molecule has 0 aliphatic carbocycles. The van der Waals surface area contributed by atoms with Crippen LogP contribution in [0, 0.1) is 5.92 Å². The molecule has 0 amide bonds. The Bertz CT molecular complexity index is 380. The lowest BCUT2D eigenvalue weighted by molar-refractivity contribution is -0.00928. The summed E-state index contributed by atoms with van der Waals surface area (Å²) in [6, 6.07) is 3.09. The van der Waals surface area contributed by atoms with Gasteiger partial charge in [0.15, 0.2) is 0 Å². The lowest BCUT2D eigenvalue weighted by atomic mass is 9.96. The van der Waals surface area contributed by atoms with E-state index >= 15 is 0 Å². The van der Waals surface area contributed by atoms with E-state index in [9.17, 15) is 10.2 Å². The molecular formula is C11H13Cl3O2. The Morgan fingerprint density at radius 2 is 1.50 bits per heavy atom. The molecule has 1 aromatic rings. The fourth-order valence-corrected chi connectivity index (χ4v) is 2.11. The van der Waals surface area contributed by atoms with Crippen LogP contribution < -0.4 is 0 Å². The third-order valence-corrected chi connectivity index (χ3v) is 3.53. The fraction of sp³-hybridized carbons (Fsp3) is 0.455. The Hall–Kier alpha value is 0.01000. The molecule has 0 fully saturated rings. The van der Waals surface area contributed by atoms with Gasteiger partial charge in [0.1, 0.15) is 6.10 Å². The molecule has 2 nitrogen and oxygen atoms in total. The molecule has 0 aromatic heterocycles. The van der Waals surface area contributed by atoms with Crippen LogP contribution >= 0.6 is 34.8 Å². The molecule has 2 N–H and O–H groups in total. The molecule has 0 aliphatic rings. The first-order chi connectivity index (χ1) is 7.36. The summed E-state index contributed by atoms with van der Waals surface area (Å²) in [4.78, 5) is 0. The predicted octanol–water partition coefficient (Wildman–Crippen LogP) is 3.70. The first-order valence-corrected chi connectivity index (χ1v) is 5.99. The van der Waals surface area contributed by atoms with Crippen LogP contribution in [-0.4, -0.2) is 16.3 Å². The van der Waals surface area contributed by atoms with Gasteiger partial charge < -0.3 is 10.2 Å². The molecule has 5 heteroatoms. The van der Waals surface area contributed by atoms with E-state index in [1.165, 1.54) is 0 Å². The summed E-state index contributed by atoms with van der Waals surface area (Å²) < 4.78 is 0. The predicted molar refractivity (Wildman–Crippen MR) is 67.3 cm³/mol. The molecule has 0 aliphatic heterocycles. The lowest BCUT2D eigenvalue weighted by Gasteiger charge is -2.23. The number of aliphatic hydroxyl groups is 2. The molecular weight excluding hydrogens is 270 g/mol. The maximum atomic E-state index is 9.97. The average molecular weight is 284 g/mol. The SMILES string of the molecule is CC(C)C(O)C(O)c1c(Cl)ccc(Cl)c1Cl. The zero-order valence-corrected chi connectivity index (χ0v) is 11.2. The van der Waals surface area contributed by atoms with Crippen molar-refractivity contribution < 1.29 is 10.2 Å². The van der Waals surface area contributed by atoms with Gasteiger partial charge in [-0.3, -0.25) is 0 Å². The molecule has 0 bridgehead atoms. The van der Waals surface area contributed by atoms with Crippen LogP contribution in [0.5, 0.6) is 0 Å². The number of aliphatic hydroxyl groups excluding tert-OH is 2. The summed E-state index contributed by atoms with van der Waals surface area (Å²) in [6.45, 7) is 3.58. The minimum Gasteiger partial charge on any atom is -0.390 e. The number of halogens is 3. The van der Waals surface area contributed by atoms with E-state index in [0.717, 1.165) is 0 Å². The zero-order valence-electron chi connectivity index (χ0n) is 8.92. The topological polar surface area (TPSA) is 40.5 Å². The number of hydrogen-bond acceptors (Lipinski definition) is 2. The highest BCUT2D eigenvalue weighted by atomic mass is 35.5. The van der Waals surface area contributed by atoms with Crippen molar-refractivity contribution in [2.45, 2.75) is 26.1 Å². The van der Waals surface area contributed by atoms with Crippen LogP contribution in [0.1, 0.15) is 25.5 Å². The van der Waals surface area contributed by atoms with Gasteiger partial charge >= 0.3 is 0 Å². The van der Waals surface area contributed by atoms with Crippen molar-refractivity contribution in [3.8, 4) is 0 Å². The van der Waals surface area contributed by atoms with E-state index in [-0.39, 0.29) is 16.5 Å². The van der Waals surface area contributed by atoms with Crippen LogP contribution in [0.15, 0.2) is 12.1 Å². The van der Waals surface area contributed by atoms with Crippen LogP contribution in [0.3, 0.4) is 0 Å². The molecule has 1 aromatic carbocycles. The molecule has 16 heavy (non-hydrogen) atoms. The second-order valence-electron chi connectivity index (χ2n) is 3.94. The van der Waals surface area contributed by atoms with E-state index in [1.54, 1.807) is 26.0 Å². The van der Waals surface area contributed by atoms with E-state index in [4.69, 9.17) is 34.8 Å². The van der Waals surface area contributed by atoms with Crippen molar-refractivity contribution in [1.82, 2.24) is 0 Å². The molecule has 0 spiro atoms. The van der Waals surface area contributed by atoms with Gasteiger partial charge in [-0.2, -0.15) is 0 Å². The van der Waals surface area contributed by atoms with Crippen molar-refractivity contribution in [2.24, 2.45) is 5.92 Å². The van der Waals surface area contributed by atoms with E-state index in [1.807, 2.05) is 0 Å². The molecule has 0 radical (unpaired) electrons. The van der Waals surface area contributed by atoms with E-state index in [2.05, 4.69) is 0 Å². The van der Waals surface area contributed by atoms with Crippen LogP contribution in [-0.2, 0) is 0 Å². The van der Waals surface area contributed by atoms with Gasteiger partial charge in [-0.1, -0.05) is 48.7 Å². The highest BCUT2D eigenvalue weighted by Gasteiger charge is 2.26. The quantitative estimate of drug-likeness (QED) is 0.831.